The molecule has 6 nitrogen and oxygen atoms in total. The molecule has 0 unspecified atom stereocenters. The zero-order chi connectivity index (χ0) is 19.5. The van der Waals surface area contributed by atoms with Crippen molar-refractivity contribution in [3.05, 3.63) is 28.8 Å². The molecule has 0 aromatic heterocycles. The highest BCUT2D eigenvalue weighted by atomic mass is 35.5. The van der Waals surface area contributed by atoms with E-state index in [-0.39, 0.29) is 12.3 Å². The van der Waals surface area contributed by atoms with Gasteiger partial charge >= 0.3 is 6.61 Å². The molecule has 0 atom stereocenters. The van der Waals surface area contributed by atoms with Crippen molar-refractivity contribution >= 4 is 17.6 Å². The largest absolute Gasteiger partial charge is 0.434 e. The number of aliphatic imine (C=N–C) groups is 1. The fourth-order valence-electron chi connectivity index (χ4n) is 2.79. The van der Waals surface area contributed by atoms with Gasteiger partial charge in [-0.2, -0.15) is 8.78 Å². The molecule has 27 heavy (non-hydrogen) atoms. The summed E-state index contributed by atoms with van der Waals surface area (Å²) in [6.45, 7) is 2.86. The molecule has 1 aromatic rings. The first-order valence-corrected chi connectivity index (χ1v) is 9.44. The van der Waals surface area contributed by atoms with Crippen LogP contribution in [0, 0.1) is 0 Å². The first-order chi connectivity index (χ1) is 13.1. The summed E-state index contributed by atoms with van der Waals surface area (Å²) < 4.78 is 34.9. The van der Waals surface area contributed by atoms with Crippen molar-refractivity contribution in [3.63, 3.8) is 0 Å². The molecule has 0 bridgehead atoms. The van der Waals surface area contributed by atoms with Crippen LogP contribution in [0.25, 0.3) is 0 Å². The fraction of sp³-hybridized carbons (Fsp3) is 0.611. The van der Waals surface area contributed by atoms with Crippen molar-refractivity contribution in [1.82, 2.24) is 15.5 Å². The summed E-state index contributed by atoms with van der Waals surface area (Å²) in [7, 11) is 1.66. The molecule has 0 aliphatic carbocycles. The van der Waals surface area contributed by atoms with Crippen LogP contribution in [0.1, 0.15) is 18.4 Å². The van der Waals surface area contributed by atoms with Gasteiger partial charge in [0.1, 0.15) is 5.75 Å². The van der Waals surface area contributed by atoms with E-state index >= 15 is 0 Å². The van der Waals surface area contributed by atoms with Gasteiger partial charge in [0.2, 0.25) is 0 Å². The number of morpholine rings is 1. The highest BCUT2D eigenvalue weighted by Crippen LogP contribution is 2.24. The molecule has 1 saturated heterocycles. The summed E-state index contributed by atoms with van der Waals surface area (Å²) >= 11 is 5.96. The van der Waals surface area contributed by atoms with Crippen molar-refractivity contribution in [2.75, 3.05) is 46.4 Å². The lowest BCUT2D eigenvalue weighted by atomic mass is 10.2. The quantitative estimate of drug-likeness (QED) is 0.376. The van der Waals surface area contributed by atoms with Gasteiger partial charge in [-0.3, -0.25) is 9.89 Å². The fourth-order valence-corrected chi connectivity index (χ4v) is 2.98. The second kappa shape index (κ2) is 11.9. The number of hydrogen-bond donors (Lipinski definition) is 2. The van der Waals surface area contributed by atoms with Crippen molar-refractivity contribution in [1.29, 1.82) is 0 Å². The smallest absolute Gasteiger partial charge is 0.387 e. The lowest BCUT2D eigenvalue weighted by molar-refractivity contribution is -0.0504. The number of halogens is 3. The maximum atomic E-state index is 12.5. The lowest BCUT2D eigenvalue weighted by Crippen LogP contribution is -2.38. The van der Waals surface area contributed by atoms with Crippen LogP contribution in [0.4, 0.5) is 8.78 Å². The second-order valence-electron chi connectivity index (χ2n) is 6.14. The number of hydrogen-bond acceptors (Lipinski definition) is 4. The Morgan fingerprint density at radius 3 is 2.78 bits per heavy atom. The molecule has 0 radical (unpaired) electrons. The molecule has 0 saturated carbocycles. The summed E-state index contributed by atoms with van der Waals surface area (Å²) in [5, 5.41) is 6.78. The molecule has 0 amide bonds. The molecule has 0 spiro atoms. The van der Waals surface area contributed by atoms with Gasteiger partial charge in [0.25, 0.3) is 0 Å². The Labute approximate surface area is 163 Å². The number of nitrogens with one attached hydrogen (secondary N) is 2. The minimum absolute atomic E-state index is 0.0999. The van der Waals surface area contributed by atoms with Gasteiger partial charge < -0.3 is 20.1 Å². The van der Waals surface area contributed by atoms with Gasteiger partial charge in [-0.05, 0) is 37.6 Å². The van der Waals surface area contributed by atoms with Gasteiger partial charge in [0, 0.05) is 43.8 Å². The molecular weight excluding hydrogens is 378 g/mol. The predicted octanol–water partition coefficient (Wildman–Crippen LogP) is 2.72. The topological polar surface area (TPSA) is 58.1 Å². The molecular formula is C18H27ClF2N4O2. The number of nitrogens with zero attached hydrogens (tertiary/aromatic N) is 2. The first kappa shape index (κ1) is 21.7. The van der Waals surface area contributed by atoms with E-state index in [4.69, 9.17) is 16.3 Å². The first-order valence-electron chi connectivity index (χ1n) is 9.06. The Morgan fingerprint density at radius 2 is 2.07 bits per heavy atom. The summed E-state index contributed by atoms with van der Waals surface area (Å²) in [4.78, 5) is 6.55. The third-order valence-electron chi connectivity index (χ3n) is 4.21. The maximum absolute atomic E-state index is 12.5. The normalized spacial score (nSPS) is 15.8. The van der Waals surface area contributed by atoms with Gasteiger partial charge in [0.05, 0.1) is 13.2 Å². The molecule has 1 aliphatic heterocycles. The number of rotatable bonds is 9. The number of guanidine groups is 1. The standard InChI is InChI=1S/C18H27ClF2N4O2/c1-22-18(23-6-2-3-7-25-8-10-26-11-9-25)24-13-14-12-15(19)4-5-16(14)27-17(20)21/h4-5,12,17H,2-3,6-11,13H2,1H3,(H2,22,23,24). The predicted molar refractivity (Wildman–Crippen MR) is 103 cm³/mol. The monoisotopic (exact) mass is 404 g/mol. The second-order valence-corrected chi connectivity index (χ2v) is 6.58. The van der Waals surface area contributed by atoms with Gasteiger partial charge in [0.15, 0.2) is 5.96 Å². The average molecular weight is 405 g/mol. The lowest BCUT2D eigenvalue weighted by Gasteiger charge is -2.26. The Kier molecular flexibility index (Phi) is 9.58. The van der Waals surface area contributed by atoms with Crippen molar-refractivity contribution in [3.8, 4) is 5.75 Å². The van der Waals surface area contributed by atoms with Gasteiger partial charge in [-0.1, -0.05) is 11.6 Å². The number of benzene rings is 1. The van der Waals surface area contributed by atoms with E-state index in [0.29, 0.717) is 16.5 Å². The summed E-state index contributed by atoms with van der Waals surface area (Å²) in [5.41, 5.74) is 0.540. The minimum Gasteiger partial charge on any atom is -0.434 e. The van der Waals surface area contributed by atoms with Crippen LogP contribution in [-0.2, 0) is 11.3 Å². The van der Waals surface area contributed by atoms with Crippen LogP contribution < -0.4 is 15.4 Å². The van der Waals surface area contributed by atoms with E-state index in [1.165, 1.54) is 12.1 Å². The SMILES string of the molecule is CN=C(NCCCCN1CCOCC1)NCc1cc(Cl)ccc1OC(F)F. The van der Waals surface area contributed by atoms with E-state index in [9.17, 15) is 8.78 Å². The van der Waals surface area contributed by atoms with Crippen LogP contribution >= 0.6 is 11.6 Å². The van der Waals surface area contributed by atoms with Crippen LogP contribution in [-0.4, -0.2) is 63.9 Å². The minimum atomic E-state index is -2.88. The number of alkyl halides is 2. The summed E-state index contributed by atoms with van der Waals surface area (Å²) in [6, 6.07) is 4.56. The average Bonchev–Trinajstić information content (AvgIpc) is 2.66. The van der Waals surface area contributed by atoms with E-state index in [0.717, 1.165) is 52.2 Å². The molecule has 9 heteroatoms. The highest BCUT2D eigenvalue weighted by molar-refractivity contribution is 6.30. The Balaban J connectivity index is 1.71. The summed E-state index contributed by atoms with van der Waals surface area (Å²) in [6.07, 6.45) is 2.10. The van der Waals surface area contributed by atoms with E-state index in [2.05, 4.69) is 25.3 Å². The molecule has 152 valence electrons. The van der Waals surface area contributed by atoms with E-state index in [1.807, 2.05) is 0 Å². The molecule has 1 heterocycles. The Hall–Kier alpha value is -1.64. The van der Waals surface area contributed by atoms with Gasteiger partial charge in [-0.25, -0.2) is 0 Å². The van der Waals surface area contributed by atoms with Crippen molar-refractivity contribution in [2.45, 2.75) is 26.0 Å². The third-order valence-corrected chi connectivity index (χ3v) is 4.44. The maximum Gasteiger partial charge on any atom is 0.387 e. The molecule has 1 aliphatic rings. The van der Waals surface area contributed by atoms with Crippen LogP contribution in [0.3, 0.4) is 0 Å². The van der Waals surface area contributed by atoms with Crippen molar-refractivity contribution < 1.29 is 18.3 Å². The molecule has 2 N–H and O–H groups in total. The molecule has 1 fully saturated rings. The van der Waals surface area contributed by atoms with E-state index in [1.54, 1.807) is 13.1 Å². The van der Waals surface area contributed by atoms with Gasteiger partial charge in [-0.15, -0.1) is 0 Å². The third kappa shape index (κ3) is 8.28. The zero-order valence-electron chi connectivity index (χ0n) is 15.5. The van der Waals surface area contributed by atoms with Crippen LogP contribution in [0.5, 0.6) is 5.75 Å². The number of ether oxygens (including phenoxy) is 2. The number of unbranched alkanes of at least 4 members (excludes halogenated alkanes) is 1. The summed E-state index contributed by atoms with van der Waals surface area (Å²) in [5.74, 6) is 0.701. The zero-order valence-corrected chi connectivity index (χ0v) is 16.3. The van der Waals surface area contributed by atoms with Crippen molar-refractivity contribution in [2.24, 2.45) is 4.99 Å². The molecule has 2 rings (SSSR count). The van der Waals surface area contributed by atoms with E-state index < -0.39 is 6.61 Å². The Morgan fingerprint density at radius 1 is 1.30 bits per heavy atom. The highest BCUT2D eigenvalue weighted by Gasteiger charge is 2.11. The Bertz CT molecular complexity index is 599. The van der Waals surface area contributed by atoms with Crippen LogP contribution in [0.2, 0.25) is 5.02 Å². The van der Waals surface area contributed by atoms with Crippen LogP contribution in [0.15, 0.2) is 23.2 Å². The molecule has 1 aromatic carbocycles.